The monoisotopic (exact) mass is 295 g/mol. The fourth-order valence-electron chi connectivity index (χ4n) is 4.86. The molecule has 0 spiro atoms. The number of hydrogen-bond acceptors (Lipinski definition) is 1. The number of benzene rings is 1. The van der Waals surface area contributed by atoms with Crippen molar-refractivity contribution < 1.29 is 4.79 Å². The number of rotatable bonds is 0. The summed E-state index contributed by atoms with van der Waals surface area (Å²) in [4.78, 5) is 13.0. The lowest BCUT2D eigenvalue weighted by atomic mass is 9.65. The van der Waals surface area contributed by atoms with E-state index in [-0.39, 0.29) is 5.92 Å². The highest BCUT2D eigenvalue weighted by Gasteiger charge is 2.47. The normalized spacial score (nSPS) is 28.0. The molecule has 2 nitrogen and oxygen atoms in total. The summed E-state index contributed by atoms with van der Waals surface area (Å²) in [5.41, 5.74) is 3.88. The zero-order valence-electron chi connectivity index (χ0n) is 14.0. The van der Waals surface area contributed by atoms with Gasteiger partial charge in [-0.05, 0) is 48.1 Å². The molecule has 116 valence electrons. The lowest BCUT2D eigenvalue weighted by Gasteiger charge is -2.39. The number of ketones is 1. The Balaban J connectivity index is 1.87. The molecule has 2 aromatic rings. The van der Waals surface area contributed by atoms with Gasteiger partial charge in [0, 0.05) is 23.9 Å². The molecule has 3 atom stereocenters. The van der Waals surface area contributed by atoms with Crippen LogP contribution >= 0.6 is 0 Å². The van der Waals surface area contributed by atoms with Crippen molar-refractivity contribution in [2.75, 3.05) is 0 Å². The molecule has 1 heterocycles. The topological polar surface area (TPSA) is 22.0 Å². The van der Waals surface area contributed by atoms with Crippen LogP contribution in [-0.2, 0) is 7.05 Å². The molecule has 0 aliphatic heterocycles. The number of fused-ring (bicyclic) bond motifs is 5. The molecule has 0 amide bonds. The van der Waals surface area contributed by atoms with Crippen molar-refractivity contribution in [1.82, 2.24) is 4.57 Å². The van der Waals surface area contributed by atoms with Crippen molar-refractivity contribution in [1.29, 1.82) is 0 Å². The summed E-state index contributed by atoms with van der Waals surface area (Å²) in [7, 11) is 2.05. The van der Waals surface area contributed by atoms with E-state index in [1.807, 2.05) is 0 Å². The van der Waals surface area contributed by atoms with E-state index in [0.29, 0.717) is 23.0 Å². The molecule has 1 aromatic heterocycles. The zero-order valence-corrected chi connectivity index (χ0v) is 14.0. The molecule has 1 aromatic carbocycles. The maximum absolute atomic E-state index is 13.0. The molecule has 1 saturated carbocycles. The van der Waals surface area contributed by atoms with E-state index in [1.165, 1.54) is 29.3 Å². The van der Waals surface area contributed by atoms with Crippen molar-refractivity contribution in [2.24, 2.45) is 24.3 Å². The van der Waals surface area contributed by atoms with Gasteiger partial charge in [0.25, 0.3) is 0 Å². The quantitative estimate of drug-likeness (QED) is 0.676. The van der Waals surface area contributed by atoms with Crippen LogP contribution < -0.4 is 0 Å². The van der Waals surface area contributed by atoms with Crippen LogP contribution in [0.2, 0.25) is 0 Å². The number of para-hydroxylation sites is 1. The highest BCUT2D eigenvalue weighted by Crippen LogP contribution is 2.54. The molecule has 2 aliphatic carbocycles. The van der Waals surface area contributed by atoms with Crippen molar-refractivity contribution >= 4 is 16.7 Å². The van der Waals surface area contributed by atoms with Crippen LogP contribution in [0.15, 0.2) is 24.3 Å². The van der Waals surface area contributed by atoms with Gasteiger partial charge in [0.2, 0.25) is 0 Å². The highest BCUT2D eigenvalue weighted by molar-refractivity contribution is 6.08. The van der Waals surface area contributed by atoms with Gasteiger partial charge >= 0.3 is 0 Å². The van der Waals surface area contributed by atoms with Gasteiger partial charge in [0.05, 0.1) is 5.69 Å². The molecule has 4 rings (SSSR count). The fraction of sp³-hybridized carbons (Fsp3) is 0.550. The molecular formula is C20H25NO. The Morgan fingerprint density at radius 1 is 1.09 bits per heavy atom. The SMILES string of the molecule is Cn1c2c(c3ccccc31)[C@@H]1C[C@@H](C(C)(C)C)CC[C@@H]1C2=O. The average molecular weight is 295 g/mol. The van der Waals surface area contributed by atoms with Crippen LogP contribution in [0.25, 0.3) is 10.9 Å². The summed E-state index contributed by atoms with van der Waals surface area (Å²) < 4.78 is 2.14. The zero-order chi connectivity index (χ0) is 15.6. The third-order valence-electron chi connectivity index (χ3n) is 6.16. The van der Waals surface area contributed by atoms with Crippen LogP contribution in [0.4, 0.5) is 0 Å². The maximum Gasteiger partial charge on any atom is 0.183 e. The summed E-state index contributed by atoms with van der Waals surface area (Å²) in [6.45, 7) is 7.04. The Kier molecular flexibility index (Phi) is 2.85. The first-order valence-corrected chi connectivity index (χ1v) is 8.51. The number of aromatic nitrogens is 1. The van der Waals surface area contributed by atoms with E-state index in [0.717, 1.165) is 12.1 Å². The summed E-state index contributed by atoms with van der Waals surface area (Å²) in [6, 6.07) is 8.51. The lowest BCUT2D eigenvalue weighted by Crippen LogP contribution is -2.30. The van der Waals surface area contributed by atoms with E-state index < -0.39 is 0 Å². The lowest BCUT2D eigenvalue weighted by molar-refractivity contribution is 0.0810. The second kappa shape index (κ2) is 4.47. The molecule has 0 radical (unpaired) electrons. The van der Waals surface area contributed by atoms with Gasteiger partial charge < -0.3 is 4.57 Å². The third-order valence-corrected chi connectivity index (χ3v) is 6.16. The average Bonchev–Trinajstić information content (AvgIpc) is 2.94. The van der Waals surface area contributed by atoms with Crippen molar-refractivity contribution in [3.63, 3.8) is 0 Å². The van der Waals surface area contributed by atoms with Gasteiger partial charge in [-0.1, -0.05) is 39.0 Å². The number of Topliss-reactive ketones (excluding diaryl/α,β-unsaturated/α-hetero) is 1. The van der Waals surface area contributed by atoms with Gasteiger partial charge in [0.1, 0.15) is 0 Å². The van der Waals surface area contributed by atoms with Crippen LogP contribution in [0.1, 0.15) is 62.0 Å². The van der Waals surface area contributed by atoms with Crippen LogP contribution in [0.5, 0.6) is 0 Å². The molecule has 2 aliphatic rings. The van der Waals surface area contributed by atoms with E-state index in [4.69, 9.17) is 0 Å². The second-order valence-electron chi connectivity index (χ2n) is 8.29. The van der Waals surface area contributed by atoms with Gasteiger partial charge in [0.15, 0.2) is 5.78 Å². The maximum atomic E-state index is 13.0. The minimum absolute atomic E-state index is 0.236. The van der Waals surface area contributed by atoms with Crippen molar-refractivity contribution in [2.45, 2.75) is 46.0 Å². The van der Waals surface area contributed by atoms with Crippen LogP contribution in [0, 0.1) is 17.3 Å². The Bertz CT molecular complexity index is 762. The van der Waals surface area contributed by atoms with E-state index in [1.54, 1.807) is 0 Å². The van der Waals surface area contributed by atoms with Crippen LogP contribution in [0.3, 0.4) is 0 Å². The van der Waals surface area contributed by atoms with E-state index >= 15 is 0 Å². The Morgan fingerprint density at radius 3 is 2.55 bits per heavy atom. The number of aryl methyl sites for hydroxylation is 1. The van der Waals surface area contributed by atoms with Gasteiger partial charge in [-0.25, -0.2) is 0 Å². The molecule has 22 heavy (non-hydrogen) atoms. The van der Waals surface area contributed by atoms with Crippen molar-refractivity contribution in [3.8, 4) is 0 Å². The minimum Gasteiger partial charge on any atom is -0.341 e. The summed E-state index contributed by atoms with van der Waals surface area (Å²) in [5, 5.41) is 1.30. The van der Waals surface area contributed by atoms with Crippen molar-refractivity contribution in [3.05, 3.63) is 35.5 Å². The van der Waals surface area contributed by atoms with E-state index in [9.17, 15) is 4.79 Å². The van der Waals surface area contributed by atoms with Crippen LogP contribution in [-0.4, -0.2) is 10.4 Å². The standard InChI is InChI=1S/C20H25NO/c1-20(2,3)12-9-10-13-15(11-12)17-14-7-5-6-8-16(14)21(4)18(17)19(13)22/h5-8,12-13,15H,9-11H2,1-4H3/t12-,13-,15+/m0/s1. The Morgan fingerprint density at radius 2 is 1.82 bits per heavy atom. The predicted octanol–water partition coefficient (Wildman–Crippen LogP) is 4.92. The molecule has 1 fully saturated rings. The molecule has 0 saturated heterocycles. The molecule has 0 N–H and O–H groups in total. The number of carbonyl (C=O) groups is 1. The van der Waals surface area contributed by atoms with Gasteiger partial charge in [-0.15, -0.1) is 0 Å². The molecule has 0 bridgehead atoms. The van der Waals surface area contributed by atoms with Gasteiger partial charge in [-0.3, -0.25) is 4.79 Å². The first kappa shape index (κ1) is 14.0. The second-order valence-corrected chi connectivity index (χ2v) is 8.29. The largest absolute Gasteiger partial charge is 0.341 e. The van der Waals surface area contributed by atoms with Gasteiger partial charge in [-0.2, -0.15) is 0 Å². The first-order valence-electron chi connectivity index (χ1n) is 8.51. The van der Waals surface area contributed by atoms with E-state index in [2.05, 4.69) is 56.7 Å². The Hall–Kier alpha value is -1.57. The summed E-state index contributed by atoms with van der Waals surface area (Å²) >= 11 is 0. The predicted molar refractivity (Wildman–Crippen MR) is 90.3 cm³/mol. The molecular weight excluding hydrogens is 270 g/mol. The first-order chi connectivity index (χ1) is 10.4. The molecule has 0 unspecified atom stereocenters. The number of hydrogen-bond donors (Lipinski definition) is 0. The smallest absolute Gasteiger partial charge is 0.183 e. The third kappa shape index (κ3) is 1.76. The number of nitrogens with zero attached hydrogens (tertiary/aromatic N) is 1. The summed E-state index contributed by atoms with van der Waals surface area (Å²) in [6.07, 6.45) is 3.43. The highest BCUT2D eigenvalue weighted by atomic mass is 16.1. The number of carbonyl (C=O) groups excluding carboxylic acids is 1. The minimum atomic E-state index is 0.236. The Labute approximate surface area is 132 Å². The fourth-order valence-corrected chi connectivity index (χ4v) is 4.86. The molecule has 2 heteroatoms. The summed E-state index contributed by atoms with van der Waals surface area (Å²) in [5.74, 6) is 1.78.